The Balaban J connectivity index is 1.49. The molecule has 0 aliphatic heterocycles. The maximum Gasteiger partial charge on any atom is 0.268 e. The Morgan fingerprint density at radius 2 is 1.97 bits per heavy atom. The van der Waals surface area contributed by atoms with Crippen molar-refractivity contribution in [2.75, 3.05) is 7.11 Å². The molecule has 0 bridgehead atoms. The Hall–Kier alpha value is -3.48. The van der Waals surface area contributed by atoms with Crippen LogP contribution in [0.4, 0.5) is 8.78 Å². The van der Waals surface area contributed by atoms with Gasteiger partial charge in [0, 0.05) is 36.1 Å². The summed E-state index contributed by atoms with van der Waals surface area (Å²) in [4.78, 5) is 41.5. The molecule has 1 unspecified atom stereocenters. The Morgan fingerprint density at radius 3 is 2.62 bits per heavy atom. The van der Waals surface area contributed by atoms with Crippen molar-refractivity contribution in [2.45, 2.75) is 75.8 Å². The Bertz CT molecular complexity index is 1190. The molecular formula is C27H32F2N4O4. The quantitative estimate of drug-likeness (QED) is 0.461. The van der Waals surface area contributed by atoms with Gasteiger partial charge in [0.25, 0.3) is 5.91 Å². The first-order valence-electron chi connectivity index (χ1n) is 12.8. The molecule has 3 atom stereocenters. The molecule has 198 valence electrons. The van der Waals surface area contributed by atoms with E-state index in [-0.39, 0.29) is 61.8 Å². The van der Waals surface area contributed by atoms with Crippen molar-refractivity contribution in [2.24, 2.45) is 11.8 Å². The van der Waals surface area contributed by atoms with Gasteiger partial charge >= 0.3 is 0 Å². The van der Waals surface area contributed by atoms with Crippen LogP contribution in [0.5, 0.6) is 5.75 Å². The van der Waals surface area contributed by atoms with Crippen molar-refractivity contribution < 1.29 is 27.9 Å². The fourth-order valence-corrected chi connectivity index (χ4v) is 5.40. The molecule has 37 heavy (non-hydrogen) atoms. The number of Topliss-reactive ketones (excluding diaryl/α,β-unsaturated/α-hetero) is 1. The molecule has 1 aromatic heterocycles. The molecular weight excluding hydrogens is 482 g/mol. The predicted octanol–water partition coefficient (Wildman–Crippen LogP) is 4.26. The van der Waals surface area contributed by atoms with Crippen molar-refractivity contribution in [3.8, 4) is 11.8 Å². The van der Waals surface area contributed by atoms with E-state index in [1.54, 1.807) is 24.3 Å². The summed E-state index contributed by atoms with van der Waals surface area (Å²) in [6.07, 6.45) is 2.32. The first kappa shape index (κ1) is 26.6. The number of nitriles is 1. The molecule has 2 aliphatic carbocycles. The van der Waals surface area contributed by atoms with Gasteiger partial charge in [0.1, 0.15) is 29.3 Å². The predicted molar refractivity (Wildman–Crippen MR) is 132 cm³/mol. The summed E-state index contributed by atoms with van der Waals surface area (Å²) >= 11 is 0. The molecule has 1 heterocycles. The highest BCUT2D eigenvalue weighted by Crippen LogP contribution is 2.38. The number of nitrogens with zero attached hydrogens (tertiary/aromatic N) is 1. The number of H-pyrrole nitrogens is 1. The Morgan fingerprint density at radius 1 is 1.22 bits per heavy atom. The summed E-state index contributed by atoms with van der Waals surface area (Å²) < 4.78 is 32.7. The van der Waals surface area contributed by atoms with E-state index in [1.165, 1.54) is 7.11 Å². The number of aromatic nitrogens is 1. The molecule has 0 spiro atoms. The number of alkyl halides is 2. The Kier molecular flexibility index (Phi) is 8.10. The topological polar surface area (TPSA) is 124 Å². The van der Waals surface area contributed by atoms with Crippen LogP contribution < -0.4 is 15.4 Å². The van der Waals surface area contributed by atoms with Gasteiger partial charge in [-0.25, -0.2) is 8.78 Å². The zero-order valence-corrected chi connectivity index (χ0v) is 20.8. The van der Waals surface area contributed by atoms with Crippen molar-refractivity contribution in [1.29, 1.82) is 5.26 Å². The van der Waals surface area contributed by atoms with Crippen LogP contribution in [0.15, 0.2) is 24.3 Å². The summed E-state index contributed by atoms with van der Waals surface area (Å²) in [6.45, 7) is 0. The summed E-state index contributed by atoms with van der Waals surface area (Å²) in [5, 5.41) is 15.7. The number of ketones is 1. The van der Waals surface area contributed by atoms with Crippen LogP contribution in [0.2, 0.25) is 0 Å². The van der Waals surface area contributed by atoms with Crippen molar-refractivity contribution >= 4 is 28.5 Å². The van der Waals surface area contributed by atoms with Gasteiger partial charge in [-0.1, -0.05) is 6.07 Å². The summed E-state index contributed by atoms with van der Waals surface area (Å²) in [6, 6.07) is 7.12. The van der Waals surface area contributed by atoms with Gasteiger partial charge in [0.05, 0.1) is 13.2 Å². The fraction of sp³-hybridized carbons (Fsp3) is 0.556. The lowest BCUT2D eigenvalue weighted by Gasteiger charge is -2.31. The number of fused-ring (bicyclic) bond motifs is 1. The van der Waals surface area contributed by atoms with Gasteiger partial charge in [-0.05, 0) is 62.6 Å². The molecule has 2 aliphatic rings. The standard InChI is InChI=1S/C27H32F2N4O4/c1-37-24-7-3-5-20-19(24)14-22(32-20)26(36)33-21(12-16-8-10-27(28,29)11-9-16)25(35)31-18(15-30)13-17-4-2-6-23(17)34/h3,5,7,14,16-18,21,32H,2,4,6,8-13H2,1H3,(H,31,35)(H,33,36)/t17-,18-,21?/m0/s1. The minimum absolute atomic E-state index is 0.0942. The highest BCUT2D eigenvalue weighted by Gasteiger charge is 2.37. The number of nitrogens with one attached hydrogen (secondary N) is 3. The highest BCUT2D eigenvalue weighted by molar-refractivity contribution is 6.01. The molecule has 2 fully saturated rings. The molecule has 4 rings (SSSR count). The van der Waals surface area contributed by atoms with Gasteiger partial charge in [-0.3, -0.25) is 14.4 Å². The molecule has 0 radical (unpaired) electrons. The van der Waals surface area contributed by atoms with Crippen molar-refractivity contribution in [3.05, 3.63) is 30.0 Å². The van der Waals surface area contributed by atoms with Crippen molar-refractivity contribution in [3.63, 3.8) is 0 Å². The van der Waals surface area contributed by atoms with E-state index >= 15 is 0 Å². The average molecular weight is 515 g/mol. The minimum atomic E-state index is -2.71. The van der Waals surface area contributed by atoms with E-state index in [0.717, 1.165) is 6.42 Å². The largest absolute Gasteiger partial charge is 0.496 e. The third-order valence-electron chi connectivity index (χ3n) is 7.54. The van der Waals surface area contributed by atoms with Crippen LogP contribution in [0, 0.1) is 23.2 Å². The van der Waals surface area contributed by atoms with Crippen molar-refractivity contribution in [1.82, 2.24) is 15.6 Å². The van der Waals surface area contributed by atoms with Crippen LogP contribution in [-0.2, 0) is 9.59 Å². The average Bonchev–Trinajstić information content (AvgIpc) is 3.50. The minimum Gasteiger partial charge on any atom is -0.496 e. The summed E-state index contributed by atoms with van der Waals surface area (Å²) in [5.74, 6) is -3.55. The number of hydrogen-bond acceptors (Lipinski definition) is 5. The van der Waals surface area contributed by atoms with Crippen LogP contribution >= 0.6 is 0 Å². The number of carbonyl (C=O) groups is 3. The van der Waals surface area contributed by atoms with Crippen LogP contribution in [0.1, 0.15) is 68.3 Å². The zero-order chi connectivity index (χ0) is 26.6. The van der Waals surface area contributed by atoms with E-state index in [9.17, 15) is 28.4 Å². The lowest BCUT2D eigenvalue weighted by molar-refractivity contribution is -0.125. The monoisotopic (exact) mass is 514 g/mol. The smallest absolute Gasteiger partial charge is 0.268 e. The molecule has 2 saturated carbocycles. The number of hydrogen-bond donors (Lipinski definition) is 3. The second kappa shape index (κ2) is 11.3. The van der Waals surface area contributed by atoms with Gasteiger partial charge in [0.2, 0.25) is 11.8 Å². The lowest BCUT2D eigenvalue weighted by atomic mass is 9.82. The van der Waals surface area contributed by atoms with E-state index in [1.807, 2.05) is 6.07 Å². The van der Waals surface area contributed by atoms with Crippen LogP contribution in [0.3, 0.4) is 0 Å². The van der Waals surface area contributed by atoms with E-state index < -0.39 is 29.8 Å². The van der Waals surface area contributed by atoms with E-state index in [4.69, 9.17) is 4.74 Å². The van der Waals surface area contributed by atoms with Crippen LogP contribution in [0.25, 0.3) is 10.9 Å². The normalized spacial score (nSPS) is 21.2. The number of aromatic amines is 1. The number of carbonyl (C=O) groups excluding carboxylic acids is 3. The molecule has 2 aromatic rings. The Labute approximate surface area is 214 Å². The zero-order valence-electron chi connectivity index (χ0n) is 20.8. The van der Waals surface area contributed by atoms with Gasteiger partial charge < -0.3 is 20.4 Å². The van der Waals surface area contributed by atoms with E-state index in [0.29, 0.717) is 29.5 Å². The molecule has 10 heteroatoms. The molecule has 2 amide bonds. The SMILES string of the molecule is COc1cccc2[nH]c(C(=O)NC(CC3CCC(F)(F)CC3)C(=O)N[C@H](C#N)C[C@@H]3CCCC3=O)cc12. The molecule has 1 aromatic carbocycles. The van der Waals surface area contributed by atoms with Crippen LogP contribution in [-0.4, -0.2) is 47.7 Å². The fourth-order valence-electron chi connectivity index (χ4n) is 5.40. The van der Waals surface area contributed by atoms with Gasteiger partial charge in [0.15, 0.2) is 0 Å². The molecule has 3 N–H and O–H groups in total. The first-order chi connectivity index (χ1) is 17.7. The summed E-state index contributed by atoms with van der Waals surface area (Å²) in [7, 11) is 1.53. The number of rotatable bonds is 9. The lowest BCUT2D eigenvalue weighted by Crippen LogP contribution is -2.51. The number of benzene rings is 1. The highest BCUT2D eigenvalue weighted by atomic mass is 19.3. The van der Waals surface area contributed by atoms with Gasteiger partial charge in [-0.2, -0.15) is 5.26 Å². The van der Waals surface area contributed by atoms with Gasteiger partial charge in [-0.15, -0.1) is 0 Å². The number of ether oxygens (including phenoxy) is 1. The first-order valence-corrected chi connectivity index (χ1v) is 12.8. The second-order valence-corrected chi connectivity index (χ2v) is 10.1. The van der Waals surface area contributed by atoms with E-state index in [2.05, 4.69) is 15.6 Å². The number of halogens is 2. The second-order valence-electron chi connectivity index (χ2n) is 10.1. The molecule has 0 saturated heterocycles. The number of methoxy groups -OCH3 is 1. The summed E-state index contributed by atoms with van der Waals surface area (Å²) in [5.41, 5.74) is 0.909. The third kappa shape index (κ3) is 6.45. The maximum atomic E-state index is 13.7. The molecule has 8 nitrogen and oxygen atoms in total. The third-order valence-corrected chi connectivity index (χ3v) is 7.54. The maximum absolute atomic E-state index is 13.7. The number of amides is 2.